The molecule has 2 aliphatic carbocycles. The zero-order valence-electron chi connectivity index (χ0n) is 17.7. The molecule has 2 saturated carbocycles. The Bertz CT molecular complexity index is 796. The van der Waals surface area contributed by atoms with Crippen molar-refractivity contribution >= 4 is 11.8 Å². The normalized spacial score (nSPS) is 26.0. The Morgan fingerprint density at radius 3 is 2.47 bits per heavy atom. The van der Waals surface area contributed by atoms with Gasteiger partial charge >= 0.3 is 0 Å². The van der Waals surface area contributed by atoms with Crippen molar-refractivity contribution in [3.63, 3.8) is 0 Å². The summed E-state index contributed by atoms with van der Waals surface area (Å²) in [6, 6.07) is 6.01. The van der Waals surface area contributed by atoms with Gasteiger partial charge in [0.15, 0.2) is 11.5 Å². The monoisotopic (exact) mass is 412 g/mol. The molecule has 4 aliphatic rings. The van der Waals surface area contributed by atoms with Crippen LogP contribution in [-0.2, 0) is 9.59 Å². The summed E-state index contributed by atoms with van der Waals surface area (Å²) >= 11 is 0. The summed E-state index contributed by atoms with van der Waals surface area (Å²) in [7, 11) is 0. The number of piperazine rings is 1. The third-order valence-electron chi connectivity index (χ3n) is 7.37. The highest BCUT2D eigenvalue weighted by atomic mass is 16.7. The van der Waals surface area contributed by atoms with Crippen LogP contribution in [0.3, 0.4) is 0 Å². The standard InChI is InChI=1S/C24H32N2O4/c27-23(9-6-17-4-2-1-3-5-17)25-10-12-26(13-11-25)24(28)20-15-19(20)18-7-8-21-22(14-18)30-16-29-21/h7-8,14,17,19-20H,1-6,9-13,15-16H2. The van der Waals surface area contributed by atoms with Crippen LogP contribution in [0, 0.1) is 11.8 Å². The number of ether oxygens (including phenoxy) is 2. The summed E-state index contributed by atoms with van der Waals surface area (Å²) in [5, 5.41) is 0. The average Bonchev–Trinajstić information content (AvgIpc) is 3.46. The van der Waals surface area contributed by atoms with E-state index in [2.05, 4.69) is 0 Å². The van der Waals surface area contributed by atoms with Crippen molar-refractivity contribution < 1.29 is 19.1 Å². The van der Waals surface area contributed by atoms with Crippen molar-refractivity contribution in [2.75, 3.05) is 33.0 Å². The molecular formula is C24H32N2O4. The first kappa shape index (κ1) is 19.7. The van der Waals surface area contributed by atoms with Crippen LogP contribution in [0.1, 0.15) is 62.8 Å². The molecule has 0 bridgehead atoms. The maximum Gasteiger partial charge on any atom is 0.231 e. The van der Waals surface area contributed by atoms with Crippen LogP contribution in [0.4, 0.5) is 0 Å². The van der Waals surface area contributed by atoms with Crippen molar-refractivity contribution in [1.82, 2.24) is 9.80 Å². The Morgan fingerprint density at radius 2 is 1.67 bits per heavy atom. The predicted molar refractivity (Wildman–Crippen MR) is 112 cm³/mol. The highest BCUT2D eigenvalue weighted by Gasteiger charge is 2.46. The molecule has 0 radical (unpaired) electrons. The number of hydrogen-bond donors (Lipinski definition) is 0. The van der Waals surface area contributed by atoms with Crippen LogP contribution < -0.4 is 9.47 Å². The van der Waals surface area contributed by atoms with Crippen molar-refractivity contribution in [1.29, 1.82) is 0 Å². The minimum absolute atomic E-state index is 0.0684. The van der Waals surface area contributed by atoms with E-state index >= 15 is 0 Å². The van der Waals surface area contributed by atoms with Crippen LogP contribution in [0.15, 0.2) is 18.2 Å². The first-order valence-corrected chi connectivity index (χ1v) is 11.6. The van der Waals surface area contributed by atoms with Gasteiger partial charge in [0.1, 0.15) is 0 Å². The Hall–Kier alpha value is -2.24. The largest absolute Gasteiger partial charge is 0.454 e. The lowest BCUT2D eigenvalue weighted by molar-refractivity contribution is -0.140. The fraction of sp³-hybridized carbons (Fsp3) is 0.667. The average molecular weight is 413 g/mol. The molecule has 0 spiro atoms. The first-order valence-electron chi connectivity index (χ1n) is 11.6. The van der Waals surface area contributed by atoms with Gasteiger partial charge in [0, 0.05) is 38.5 Å². The van der Waals surface area contributed by atoms with Gasteiger partial charge in [0.05, 0.1) is 0 Å². The molecule has 6 heteroatoms. The molecule has 0 N–H and O–H groups in total. The molecule has 2 unspecified atom stereocenters. The zero-order valence-corrected chi connectivity index (χ0v) is 17.7. The van der Waals surface area contributed by atoms with E-state index in [4.69, 9.17) is 9.47 Å². The lowest BCUT2D eigenvalue weighted by Gasteiger charge is -2.35. The topological polar surface area (TPSA) is 59.1 Å². The number of fused-ring (bicyclic) bond motifs is 1. The minimum Gasteiger partial charge on any atom is -0.454 e. The van der Waals surface area contributed by atoms with Crippen LogP contribution in [-0.4, -0.2) is 54.6 Å². The molecule has 0 aromatic heterocycles. The Labute approximate surface area is 178 Å². The van der Waals surface area contributed by atoms with Crippen LogP contribution >= 0.6 is 0 Å². The van der Waals surface area contributed by atoms with E-state index in [1.165, 1.54) is 32.1 Å². The number of amides is 2. The van der Waals surface area contributed by atoms with Gasteiger partial charge < -0.3 is 19.3 Å². The van der Waals surface area contributed by atoms with Gasteiger partial charge in [-0.05, 0) is 42.4 Å². The van der Waals surface area contributed by atoms with E-state index < -0.39 is 0 Å². The molecule has 1 aromatic carbocycles. The van der Waals surface area contributed by atoms with Gasteiger partial charge in [-0.3, -0.25) is 9.59 Å². The second-order valence-electron chi connectivity index (χ2n) is 9.31. The number of hydrogen-bond acceptors (Lipinski definition) is 4. The summed E-state index contributed by atoms with van der Waals surface area (Å²) in [4.78, 5) is 29.5. The molecule has 30 heavy (non-hydrogen) atoms. The van der Waals surface area contributed by atoms with Crippen molar-refractivity contribution in [2.24, 2.45) is 11.8 Å². The molecule has 1 saturated heterocycles. The zero-order chi connectivity index (χ0) is 20.5. The molecular weight excluding hydrogens is 380 g/mol. The second kappa shape index (κ2) is 8.48. The van der Waals surface area contributed by atoms with Gasteiger partial charge in [0.2, 0.25) is 18.6 Å². The van der Waals surface area contributed by atoms with Gasteiger partial charge in [-0.2, -0.15) is 0 Å². The predicted octanol–water partition coefficient (Wildman–Crippen LogP) is 3.55. The van der Waals surface area contributed by atoms with E-state index in [9.17, 15) is 9.59 Å². The maximum absolute atomic E-state index is 13.0. The number of benzene rings is 1. The Kier molecular flexibility index (Phi) is 5.57. The summed E-state index contributed by atoms with van der Waals surface area (Å²) in [5.74, 6) is 3.18. The molecule has 5 rings (SSSR count). The highest BCUT2D eigenvalue weighted by molar-refractivity contribution is 5.83. The van der Waals surface area contributed by atoms with Crippen LogP contribution in [0.2, 0.25) is 0 Å². The first-order chi connectivity index (χ1) is 14.7. The highest BCUT2D eigenvalue weighted by Crippen LogP contribution is 2.50. The van der Waals surface area contributed by atoms with Crippen LogP contribution in [0.5, 0.6) is 11.5 Å². The van der Waals surface area contributed by atoms with Crippen molar-refractivity contribution in [3.05, 3.63) is 23.8 Å². The van der Waals surface area contributed by atoms with Gasteiger partial charge in [-0.25, -0.2) is 0 Å². The quantitative estimate of drug-likeness (QED) is 0.742. The summed E-state index contributed by atoms with van der Waals surface area (Å²) in [6.07, 6.45) is 9.21. The number of carbonyl (C=O) groups is 2. The lowest BCUT2D eigenvalue weighted by Crippen LogP contribution is -2.51. The van der Waals surface area contributed by atoms with Crippen molar-refractivity contribution in [2.45, 2.75) is 57.3 Å². The smallest absolute Gasteiger partial charge is 0.231 e. The molecule has 2 aliphatic heterocycles. The van der Waals surface area contributed by atoms with Gasteiger partial charge in [-0.1, -0.05) is 38.2 Å². The molecule has 2 amide bonds. The number of carbonyl (C=O) groups excluding carboxylic acids is 2. The lowest BCUT2D eigenvalue weighted by atomic mass is 9.86. The molecule has 2 heterocycles. The van der Waals surface area contributed by atoms with Gasteiger partial charge in [-0.15, -0.1) is 0 Å². The molecule has 1 aromatic rings. The Morgan fingerprint density at radius 1 is 0.933 bits per heavy atom. The van der Waals surface area contributed by atoms with E-state index in [1.807, 2.05) is 28.0 Å². The second-order valence-corrected chi connectivity index (χ2v) is 9.31. The molecule has 3 fully saturated rings. The molecule has 2 atom stereocenters. The Balaban J connectivity index is 1.07. The number of rotatable bonds is 5. The summed E-state index contributed by atoms with van der Waals surface area (Å²) in [5.41, 5.74) is 1.16. The fourth-order valence-electron chi connectivity index (χ4n) is 5.35. The summed E-state index contributed by atoms with van der Waals surface area (Å²) < 4.78 is 10.8. The molecule has 6 nitrogen and oxygen atoms in total. The van der Waals surface area contributed by atoms with E-state index in [1.54, 1.807) is 0 Å². The minimum atomic E-state index is 0.0684. The van der Waals surface area contributed by atoms with E-state index in [0.717, 1.165) is 35.8 Å². The van der Waals surface area contributed by atoms with E-state index in [0.29, 0.717) is 32.6 Å². The maximum atomic E-state index is 13.0. The molecule has 162 valence electrons. The number of nitrogens with zero attached hydrogens (tertiary/aromatic N) is 2. The fourth-order valence-corrected chi connectivity index (χ4v) is 5.35. The summed E-state index contributed by atoms with van der Waals surface area (Å²) in [6.45, 7) is 2.96. The van der Waals surface area contributed by atoms with Crippen molar-refractivity contribution in [3.8, 4) is 11.5 Å². The third-order valence-corrected chi connectivity index (χ3v) is 7.37. The van der Waals surface area contributed by atoms with Gasteiger partial charge in [0.25, 0.3) is 0 Å². The van der Waals surface area contributed by atoms with Crippen LogP contribution in [0.25, 0.3) is 0 Å². The SMILES string of the molecule is O=C(CCC1CCCCC1)N1CCN(C(=O)C2CC2c2ccc3c(c2)OCO3)CC1. The third kappa shape index (κ3) is 4.14. The van der Waals surface area contributed by atoms with E-state index in [-0.39, 0.29) is 30.4 Å².